The molecule has 2 rings (SSSR count). The van der Waals surface area contributed by atoms with Gasteiger partial charge in [-0.05, 0) is 24.6 Å². The fraction of sp³-hybridized carbons (Fsp3) is 0.125. The number of anilines is 2. The smallest absolute Gasteiger partial charge is 0.277 e. The van der Waals surface area contributed by atoms with Crippen molar-refractivity contribution in [1.29, 1.82) is 0 Å². The van der Waals surface area contributed by atoms with Crippen LogP contribution in [-0.2, 0) is 4.79 Å². The molecule has 10 heteroatoms. The fourth-order valence-electron chi connectivity index (χ4n) is 2.16. The number of non-ortho nitro benzene ring substituents is 2. The number of aryl methyl sites for hydroxylation is 1. The molecule has 0 aliphatic carbocycles. The zero-order chi connectivity index (χ0) is 19.4. The van der Waals surface area contributed by atoms with Crippen molar-refractivity contribution in [3.05, 3.63) is 67.8 Å². The lowest BCUT2D eigenvalue weighted by molar-refractivity contribution is -0.394. The molecule has 0 atom stereocenters. The molecule has 2 aromatic rings. The number of nitro groups is 2. The average molecular weight is 358 g/mol. The van der Waals surface area contributed by atoms with E-state index >= 15 is 0 Å². The maximum atomic E-state index is 12.3. The summed E-state index contributed by atoms with van der Waals surface area (Å²) >= 11 is 0. The van der Waals surface area contributed by atoms with Gasteiger partial charge >= 0.3 is 0 Å². The van der Waals surface area contributed by atoms with Crippen molar-refractivity contribution >= 4 is 34.6 Å². The predicted octanol–water partition coefficient (Wildman–Crippen LogP) is 3.02. The Morgan fingerprint density at radius 1 is 0.923 bits per heavy atom. The third kappa shape index (κ3) is 4.38. The van der Waals surface area contributed by atoms with E-state index in [1.165, 1.54) is 13.0 Å². The van der Waals surface area contributed by atoms with Gasteiger partial charge in [0.05, 0.1) is 21.5 Å². The molecule has 0 bridgehead atoms. The molecule has 2 amide bonds. The third-order valence-electron chi connectivity index (χ3n) is 3.39. The molecule has 0 saturated heterocycles. The quantitative estimate of drug-likeness (QED) is 0.621. The van der Waals surface area contributed by atoms with Gasteiger partial charge < -0.3 is 10.6 Å². The summed E-state index contributed by atoms with van der Waals surface area (Å²) in [5.41, 5.74) is 0.218. The van der Waals surface area contributed by atoms with Crippen LogP contribution in [0.4, 0.5) is 22.7 Å². The van der Waals surface area contributed by atoms with E-state index in [0.29, 0.717) is 11.4 Å². The van der Waals surface area contributed by atoms with Gasteiger partial charge in [-0.1, -0.05) is 6.07 Å². The summed E-state index contributed by atoms with van der Waals surface area (Å²) < 4.78 is 0. The normalized spacial score (nSPS) is 10.1. The first-order valence-electron chi connectivity index (χ1n) is 7.31. The van der Waals surface area contributed by atoms with Crippen molar-refractivity contribution in [3.63, 3.8) is 0 Å². The molecule has 0 heterocycles. The van der Waals surface area contributed by atoms with Crippen LogP contribution in [0, 0.1) is 27.2 Å². The van der Waals surface area contributed by atoms with Gasteiger partial charge in [0, 0.05) is 30.4 Å². The van der Waals surface area contributed by atoms with E-state index < -0.39 is 27.1 Å². The molecule has 0 spiro atoms. The molecule has 0 radical (unpaired) electrons. The molecule has 0 unspecified atom stereocenters. The maximum Gasteiger partial charge on any atom is 0.277 e. The highest BCUT2D eigenvalue weighted by Gasteiger charge is 2.20. The molecule has 0 aromatic heterocycles. The monoisotopic (exact) mass is 358 g/mol. The van der Waals surface area contributed by atoms with Gasteiger partial charge in [0.1, 0.15) is 0 Å². The van der Waals surface area contributed by atoms with Crippen molar-refractivity contribution in [2.45, 2.75) is 13.8 Å². The number of nitrogens with one attached hydrogen (secondary N) is 2. The van der Waals surface area contributed by atoms with Gasteiger partial charge in [-0.15, -0.1) is 0 Å². The molecule has 2 N–H and O–H groups in total. The summed E-state index contributed by atoms with van der Waals surface area (Å²) in [4.78, 5) is 43.7. The minimum absolute atomic E-state index is 0.229. The summed E-state index contributed by atoms with van der Waals surface area (Å²) in [6.45, 7) is 3.10. The summed E-state index contributed by atoms with van der Waals surface area (Å²) in [6, 6.07) is 7.43. The van der Waals surface area contributed by atoms with Gasteiger partial charge in [0.2, 0.25) is 5.91 Å². The second-order valence-corrected chi connectivity index (χ2v) is 5.42. The zero-order valence-corrected chi connectivity index (χ0v) is 13.8. The van der Waals surface area contributed by atoms with Gasteiger partial charge in [-0.25, -0.2) is 0 Å². The molecular weight excluding hydrogens is 344 g/mol. The molecular formula is C16H14N4O6. The number of hydrogen-bond donors (Lipinski definition) is 2. The lowest BCUT2D eigenvalue weighted by atomic mass is 10.1. The van der Waals surface area contributed by atoms with Gasteiger partial charge in [-0.3, -0.25) is 29.8 Å². The fourth-order valence-corrected chi connectivity index (χ4v) is 2.16. The number of carbonyl (C=O) groups excluding carboxylic acids is 2. The van der Waals surface area contributed by atoms with Crippen molar-refractivity contribution in [3.8, 4) is 0 Å². The Balaban J connectivity index is 2.34. The minimum atomic E-state index is -0.815. The van der Waals surface area contributed by atoms with Gasteiger partial charge in [0.15, 0.2) is 0 Å². The average Bonchev–Trinajstić information content (AvgIpc) is 2.56. The van der Waals surface area contributed by atoms with Crippen LogP contribution < -0.4 is 10.6 Å². The maximum absolute atomic E-state index is 12.3. The van der Waals surface area contributed by atoms with Crippen LogP contribution in [0.15, 0.2) is 36.4 Å². The Hall–Kier alpha value is -3.82. The second-order valence-electron chi connectivity index (χ2n) is 5.42. The number of benzene rings is 2. The molecule has 134 valence electrons. The van der Waals surface area contributed by atoms with E-state index in [0.717, 1.165) is 23.8 Å². The van der Waals surface area contributed by atoms with E-state index in [2.05, 4.69) is 10.6 Å². The minimum Gasteiger partial charge on any atom is -0.326 e. The van der Waals surface area contributed by atoms with Gasteiger partial charge in [-0.2, -0.15) is 0 Å². The molecule has 0 saturated carbocycles. The topological polar surface area (TPSA) is 144 Å². The molecule has 0 aliphatic rings. The molecule has 10 nitrogen and oxygen atoms in total. The zero-order valence-electron chi connectivity index (χ0n) is 13.8. The third-order valence-corrected chi connectivity index (χ3v) is 3.39. The number of rotatable bonds is 5. The van der Waals surface area contributed by atoms with E-state index in [-0.39, 0.29) is 11.5 Å². The number of carbonyl (C=O) groups is 2. The highest BCUT2D eigenvalue weighted by Crippen LogP contribution is 2.25. The largest absolute Gasteiger partial charge is 0.326 e. The van der Waals surface area contributed by atoms with Crippen LogP contribution in [0.5, 0.6) is 0 Å². The van der Waals surface area contributed by atoms with Crippen molar-refractivity contribution in [2.75, 3.05) is 10.6 Å². The Morgan fingerprint density at radius 2 is 1.50 bits per heavy atom. The van der Waals surface area contributed by atoms with Crippen LogP contribution in [0.2, 0.25) is 0 Å². The molecule has 0 aliphatic heterocycles. The Kier molecular flexibility index (Phi) is 5.26. The Morgan fingerprint density at radius 3 is 2.00 bits per heavy atom. The second kappa shape index (κ2) is 7.38. The van der Waals surface area contributed by atoms with Crippen molar-refractivity contribution in [1.82, 2.24) is 0 Å². The van der Waals surface area contributed by atoms with Crippen LogP contribution in [0.3, 0.4) is 0 Å². The Bertz CT molecular complexity index is 893. The van der Waals surface area contributed by atoms with E-state index in [1.54, 1.807) is 19.1 Å². The lowest BCUT2D eigenvalue weighted by Crippen LogP contribution is -2.13. The van der Waals surface area contributed by atoms with E-state index in [4.69, 9.17) is 0 Å². The van der Waals surface area contributed by atoms with Crippen LogP contribution in [-0.4, -0.2) is 21.7 Å². The first kappa shape index (κ1) is 18.5. The lowest BCUT2D eigenvalue weighted by Gasteiger charge is -2.10. The summed E-state index contributed by atoms with van der Waals surface area (Å²) in [7, 11) is 0. The molecule has 0 fully saturated rings. The Labute approximate surface area is 147 Å². The summed E-state index contributed by atoms with van der Waals surface area (Å²) in [5, 5.41) is 26.9. The predicted molar refractivity (Wildman–Crippen MR) is 93.2 cm³/mol. The molecule has 26 heavy (non-hydrogen) atoms. The number of nitro benzene ring substituents is 2. The van der Waals surface area contributed by atoms with Crippen LogP contribution in [0.1, 0.15) is 22.8 Å². The van der Waals surface area contributed by atoms with Crippen molar-refractivity contribution in [2.24, 2.45) is 0 Å². The van der Waals surface area contributed by atoms with Crippen molar-refractivity contribution < 1.29 is 19.4 Å². The highest BCUT2D eigenvalue weighted by molar-refractivity contribution is 6.05. The summed E-state index contributed by atoms with van der Waals surface area (Å²) in [5.74, 6) is -1.04. The number of nitrogens with zero attached hydrogens (tertiary/aromatic N) is 2. The first-order valence-corrected chi connectivity index (χ1v) is 7.31. The van der Waals surface area contributed by atoms with E-state index in [9.17, 15) is 29.8 Å². The van der Waals surface area contributed by atoms with Crippen LogP contribution in [0.25, 0.3) is 0 Å². The first-order chi connectivity index (χ1) is 12.2. The summed E-state index contributed by atoms with van der Waals surface area (Å²) in [6.07, 6.45) is 0. The SMILES string of the molecule is CC(=O)Nc1cc(NC(=O)c2cc([N+](=O)[O-])cc([N+](=O)[O-])c2)ccc1C. The number of amides is 2. The standard InChI is InChI=1S/C16H14N4O6/c1-9-3-4-12(7-15(9)17-10(2)21)18-16(22)11-5-13(19(23)24)8-14(6-11)20(25)26/h3-8H,1-2H3,(H,17,21)(H,18,22). The van der Waals surface area contributed by atoms with E-state index in [1.807, 2.05) is 0 Å². The van der Waals surface area contributed by atoms with Crippen LogP contribution >= 0.6 is 0 Å². The number of hydrogen-bond acceptors (Lipinski definition) is 6. The molecule has 2 aromatic carbocycles. The van der Waals surface area contributed by atoms with Gasteiger partial charge in [0.25, 0.3) is 17.3 Å². The highest BCUT2D eigenvalue weighted by atomic mass is 16.6.